The van der Waals surface area contributed by atoms with Crippen LogP contribution in [0.25, 0.3) is 0 Å². The molecule has 7 nitrogen and oxygen atoms in total. The van der Waals surface area contributed by atoms with Crippen molar-refractivity contribution < 1.29 is 18.4 Å². The Morgan fingerprint density at radius 2 is 2.12 bits per heavy atom. The molecule has 0 atom stereocenters. The summed E-state index contributed by atoms with van der Waals surface area (Å²) in [6.07, 6.45) is 0. The van der Waals surface area contributed by atoms with Crippen molar-refractivity contribution in [2.45, 2.75) is 26.3 Å². The molecule has 0 aliphatic carbocycles. The van der Waals surface area contributed by atoms with Gasteiger partial charge in [-0.25, -0.2) is 13.1 Å². The Hall–Kier alpha value is -0.860. The van der Waals surface area contributed by atoms with Crippen LogP contribution in [0, 0.1) is 0 Å². The van der Waals surface area contributed by atoms with Gasteiger partial charge in [0.15, 0.2) is 5.84 Å². The van der Waals surface area contributed by atoms with Crippen molar-refractivity contribution in [1.82, 2.24) is 4.72 Å². The van der Waals surface area contributed by atoms with Gasteiger partial charge in [-0.05, 0) is 20.8 Å². The molecule has 0 rings (SSSR count). The number of hydrogen-bond acceptors (Lipinski definition) is 5. The lowest BCUT2D eigenvalue weighted by molar-refractivity contribution is 0.163. The molecule has 0 unspecified atom stereocenters. The van der Waals surface area contributed by atoms with Gasteiger partial charge in [0.1, 0.15) is 0 Å². The summed E-state index contributed by atoms with van der Waals surface area (Å²) in [6.45, 7) is 5.35. The Morgan fingerprint density at radius 3 is 2.56 bits per heavy atom. The van der Waals surface area contributed by atoms with Crippen LogP contribution < -0.4 is 10.5 Å². The van der Waals surface area contributed by atoms with Crippen molar-refractivity contribution in [3.8, 4) is 0 Å². The lowest BCUT2D eigenvalue weighted by atomic mass is 10.1. The summed E-state index contributed by atoms with van der Waals surface area (Å²) in [5.41, 5.74) is 4.23. The average molecular weight is 253 g/mol. The first kappa shape index (κ1) is 15.1. The predicted molar refractivity (Wildman–Crippen MR) is 60.9 cm³/mol. The van der Waals surface area contributed by atoms with Crippen LogP contribution in [-0.4, -0.2) is 44.0 Å². The normalized spacial score (nSPS) is 14.1. The van der Waals surface area contributed by atoms with E-state index in [2.05, 4.69) is 9.88 Å². The van der Waals surface area contributed by atoms with Gasteiger partial charge >= 0.3 is 0 Å². The van der Waals surface area contributed by atoms with Crippen molar-refractivity contribution in [2.24, 2.45) is 10.9 Å². The molecule has 0 aromatic heterocycles. The number of amidine groups is 1. The molecule has 0 amide bonds. The summed E-state index contributed by atoms with van der Waals surface area (Å²) in [5, 5.41) is 11.3. The predicted octanol–water partition coefficient (Wildman–Crippen LogP) is -0.533. The van der Waals surface area contributed by atoms with Gasteiger partial charge in [-0.1, -0.05) is 5.16 Å². The fraction of sp³-hybridized carbons (Fsp3) is 0.875. The van der Waals surface area contributed by atoms with Gasteiger partial charge in [0.05, 0.1) is 17.9 Å². The minimum absolute atomic E-state index is 0.109. The van der Waals surface area contributed by atoms with E-state index in [1.54, 1.807) is 6.92 Å². The summed E-state index contributed by atoms with van der Waals surface area (Å²) in [4.78, 5) is 0. The van der Waals surface area contributed by atoms with Gasteiger partial charge in [0.25, 0.3) is 0 Å². The zero-order valence-electron chi connectivity index (χ0n) is 9.73. The Morgan fingerprint density at radius 1 is 1.56 bits per heavy atom. The first-order chi connectivity index (χ1) is 7.25. The zero-order chi connectivity index (χ0) is 12.8. The van der Waals surface area contributed by atoms with Crippen molar-refractivity contribution in [2.75, 3.05) is 19.0 Å². The summed E-state index contributed by atoms with van der Waals surface area (Å²) >= 11 is 0. The van der Waals surface area contributed by atoms with Gasteiger partial charge in [-0.3, -0.25) is 0 Å². The second-order valence-corrected chi connectivity index (χ2v) is 5.57. The molecule has 0 aliphatic rings. The molecule has 0 fully saturated rings. The Balaban J connectivity index is 4.47. The maximum Gasteiger partial charge on any atom is 0.214 e. The highest BCUT2D eigenvalue weighted by molar-refractivity contribution is 7.89. The SMILES string of the molecule is CCOCCS(=O)(=O)NC(C)(C)C(N)=NO. The summed E-state index contributed by atoms with van der Waals surface area (Å²) in [7, 11) is -3.51. The molecule has 96 valence electrons. The van der Waals surface area contributed by atoms with Crippen LogP contribution in [0.4, 0.5) is 0 Å². The van der Waals surface area contributed by atoms with Crippen molar-refractivity contribution in [1.29, 1.82) is 0 Å². The molecular weight excluding hydrogens is 234 g/mol. The molecule has 0 bridgehead atoms. The first-order valence-electron chi connectivity index (χ1n) is 4.82. The number of sulfonamides is 1. The van der Waals surface area contributed by atoms with E-state index in [4.69, 9.17) is 15.7 Å². The molecule has 16 heavy (non-hydrogen) atoms. The van der Waals surface area contributed by atoms with Crippen molar-refractivity contribution >= 4 is 15.9 Å². The van der Waals surface area contributed by atoms with E-state index >= 15 is 0 Å². The molecule has 0 aromatic rings. The van der Waals surface area contributed by atoms with E-state index in [0.717, 1.165) is 0 Å². The highest BCUT2D eigenvalue weighted by Crippen LogP contribution is 2.04. The lowest BCUT2D eigenvalue weighted by Gasteiger charge is -2.24. The second-order valence-electron chi connectivity index (χ2n) is 3.73. The maximum atomic E-state index is 11.6. The van der Waals surface area contributed by atoms with Crippen LogP contribution in [0.1, 0.15) is 20.8 Å². The van der Waals surface area contributed by atoms with Crippen LogP contribution in [0.5, 0.6) is 0 Å². The molecular formula is C8H19N3O4S. The molecule has 0 saturated carbocycles. The molecule has 0 spiro atoms. The second kappa shape index (κ2) is 6.02. The van der Waals surface area contributed by atoms with Crippen molar-refractivity contribution in [3.63, 3.8) is 0 Å². The van der Waals surface area contributed by atoms with Gasteiger partial charge in [0.2, 0.25) is 10.0 Å². The Bertz CT molecular complexity index is 337. The zero-order valence-corrected chi connectivity index (χ0v) is 10.5. The number of hydrogen-bond donors (Lipinski definition) is 3. The van der Waals surface area contributed by atoms with Crippen LogP contribution in [0.3, 0.4) is 0 Å². The summed E-state index contributed by atoms with van der Waals surface area (Å²) < 4.78 is 30.4. The van der Waals surface area contributed by atoms with E-state index in [-0.39, 0.29) is 18.2 Å². The third-order valence-electron chi connectivity index (χ3n) is 1.86. The van der Waals surface area contributed by atoms with E-state index in [1.807, 2.05) is 0 Å². The smallest absolute Gasteiger partial charge is 0.214 e. The fourth-order valence-electron chi connectivity index (χ4n) is 0.930. The fourth-order valence-corrected chi connectivity index (χ4v) is 2.25. The van der Waals surface area contributed by atoms with Crippen LogP contribution in [0.15, 0.2) is 5.16 Å². The Kier molecular flexibility index (Phi) is 5.70. The molecule has 0 radical (unpaired) electrons. The monoisotopic (exact) mass is 253 g/mol. The minimum atomic E-state index is -3.51. The lowest BCUT2D eigenvalue weighted by Crippen LogP contribution is -2.53. The van der Waals surface area contributed by atoms with Crippen LogP contribution in [-0.2, 0) is 14.8 Å². The average Bonchev–Trinajstić information content (AvgIpc) is 2.15. The van der Waals surface area contributed by atoms with Gasteiger partial charge < -0.3 is 15.7 Å². The number of oxime groups is 1. The maximum absolute atomic E-state index is 11.6. The summed E-state index contributed by atoms with van der Waals surface area (Å²) in [6, 6.07) is 0. The van der Waals surface area contributed by atoms with Gasteiger partial charge in [-0.2, -0.15) is 0 Å². The van der Waals surface area contributed by atoms with Crippen molar-refractivity contribution in [3.05, 3.63) is 0 Å². The van der Waals surface area contributed by atoms with Gasteiger partial charge in [-0.15, -0.1) is 0 Å². The molecule has 0 heterocycles. The largest absolute Gasteiger partial charge is 0.409 e. The molecule has 0 aromatic carbocycles. The topological polar surface area (TPSA) is 114 Å². The van der Waals surface area contributed by atoms with E-state index in [0.29, 0.717) is 6.61 Å². The van der Waals surface area contributed by atoms with E-state index in [9.17, 15) is 8.42 Å². The molecule has 4 N–H and O–H groups in total. The first-order valence-corrected chi connectivity index (χ1v) is 6.48. The van der Waals surface area contributed by atoms with Crippen LogP contribution in [0.2, 0.25) is 0 Å². The number of nitrogens with one attached hydrogen (secondary N) is 1. The number of nitrogens with two attached hydrogens (primary N) is 1. The third kappa shape index (κ3) is 5.29. The third-order valence-corrected chi connectivity index (χ3v) is 3.38. The quantitative estimate of drug-likeness (QED) is 0.185. The molecule has 0 aliphatic heterocycles. The number of nitrogens with zero attached hydrogens (tertiary/aromatic N) is 1. The van der Waals surface area contributed by atoms with Crippen LogP contribution >= 0.6 is 0 Å². The minimum Gasteiger partial charge on any atom is -0.409 e. The number of ether oxygens (including phenoxy) is 1. The van der Waals surface area contributed by atoms with E-state index < -0.39 is 15.6 Å². The number of rotatable bonds is 7. The van der Waals surface area contributed by atoms with Gasteiger partial charge in [0, 0.05) is 6.61 Å². The summed E-state index contributed by atoms with van der Waals surface area (Å²) in [5.74, 6) is -0.365. The molecule has 0 saturated heterocycles. The highest BCUT2D eigenvalue weighted by atomic mass is 32.2. The Labute approximate surface area is 95.7 Å². The van der Waals surface area contributed by atoms with E-state index in [1.165, 1.54) is 13.8 Å². The molecule has 8 heteroatoms. The standard InChI is InChI=1S/C8H19N3O4S/c1-4-15-5-6-16(13,14)11-8(2,3)7(9)10-12/h11-12H,4-6H2,1-3H3,(H2,9,10). The highest BCUT2D eigenvalue weighted by Gasteiger charge is 2.29.